The topological polar surface area (TPSA) is 12.0 Å². The molecule has 1 aromatic carbocycles. The molecule has 1 unspecified atom stereocenters. The van der Waals surface area contributed by atoms with Crippen LogP contribution in [0.25, 0.3) is 0 Å². The molecule has 1 rings (SSSR count). The first-order chi connectivity index (χ1) is 6.68. The van der Waals surface area contributed by atoms with E-state index in [1.165, 1.54) is 11.0 Å². The molecule has 0 saturated carbocycles. The SMILES string of the molecule is CC.CC(C)CNc1ccc(P)cc1. The number of hydrogen-bond acceptors (Lipinski definition) is 1. The fourth-order valence-corrected chi connectivity index (χ4v) is 1.12. The van der Waals surface area contributed by atoms with Crippen molar-refractivity contribution >= 4 is 20.2 Å². The van der Waals surface area contributed by atoms with Gasteiger partial charge in [-0.2, -0.15) is 0 Å². The van der Waals surface area contributed by atoms with E-state index in [9.17, 15) is 0 Å². The zero-order valence-corrected chi connectivity index (χ0v) is 10.8. The van der Waals surface area contributed by atoms with Gasteiger partial charge in [-0.05, 0) is 23.4 Å². The van der Waals surface area contributed by atoms with Gasteiger partial charge in [-0.25, -0.2) is 0 Å². The minimum absolute atomic E-state index is 0.695. The average molecular weight is 211 g/mol. The maximum absolute atomic E-state index is 3.36. The van der Waals surface area contributed by atoms with Crippen molar-refractivity contribution in [1.29, 1.82) is 0 Å². The first kappa shape index (κ1) is 13.4. The van der Waals surface area contributed by atoms with E-state index in [0.717, 1.165) is 6.54 Å². The van der Waals surface area contributed by atoms with Gasteiger partial charge in [0.05, 0.1) is 0 Å². The van der Waals surface area contributed by atoms with Crippen LogP contribution in [0.15, 0.2) is 24.3 Å². The molecule has 1 aromatic rings. The minimum Gasteiger partial charge on any atom is -0.385 e. The number of benzene rings is 1. The van der Waals surface area contributed by atoms with Crippen LogP contribution in [0.1, 0.15) is 27.7 Å². The van der Waals surface area contributed by atoms with E-state index in [1.54, 1.807) is 0 Å². The molecule has 0 heterocycles. The molecule has 1 atom stereocenters. The van der Waals surface area contributed by atoms with E-state index in [2.05, 4.69) is 52.7 Å². The van der Waals surface area contributed by atoms with Gasteiger partial charge in [0, 0.05) is 12.2 Å². The van der Waals surface area contributed by atoms with Crippen LogP contribution in [0, 0.1) is 5.92 Å². The highest BCUT2D eigenvalue weighted by molar-refractivity contribution is 7.27. The molecule has 2 heteroatoms. The predicted molar refractivity (Wildman–Crippen MR) is 70.5 cm³/mol. The fourth-order valence-electron chi connectivity index (χ4n) is 0.923. The van der Waals surface area contributed by atoms with Gasteiger partial charge in [-0.1, -0.05) is 39.8 Å². The van der Waals surface area contributed by atoms with Crippen molar-refractivity contribution < 1.29 is 0 Å². The van der Waals surface area contributed by atoms with Crippen LogP contribution in [-0.2, 0) is 0 Å². The lowest BCUT2D eigenvalue weighted by Gasteiger charge is -2.08. The lowest BCUT2D eigenvalue weighted by atomic mass is 10.2. The summed E-state index contributed by atoms with van der Waals surface area (Å²) in [7, 11) is 2.68. The first-order valence-electron chi connectivity index (χ1n) is 5.28. The summed E-state index contributed by atoms with van der Waals surface area (Å²) in [6.07, 6.45) is 0. The largest absolute Gasteiger partial charge is 0.385 e. The maximum Gasteiger partial charge on any atom is 0.0340 e. The maximum atomic E-state index is 3.36. The summed E-state index contributed by atoms with van der Waals surface area (Å²) in [6.45, 7) is 9.45. The standard InChI is InChI=1S/C10H16NP.C2H6/c1-8(2)7-11-9-3-5-10(12)6-4-9;1-2/h3-6,8,11H,7,12H2,1-2H3;1-2H3. The van der Waals surface area contributed by atoms with Gasteiger partial charge in [0.1, 0.15) is 0 Å². The summed E-state index contributed by atoms with van der Waals surface area (Å²) in [6, 6.07) is 8.38. The van der Waals surface area contributed by atoms with E-state index >= 15 is 0 Å². The summed E-state index contributed by atoms with van der Waals surface area (Å²) in [4.78, 5) is 0. The Morgan fingerprint density at radius 1 is 1.14 bits per heavy atom. The lowest BCUT2D eigenvalue weighted by molar-refractivity contribution is 0.689. The van der Waals surface area contributed by atoms with Crippen LogP contribution in [0.4, 0.5) is 5.69 Å². The van der Waals surface area contributed by atoms with E-state index in [1.807, 2.05) is 13.8 Å². The summed E-state index contributed by atoms with van der Waals surface area (Å²) < 4.78 is 0. The van der Waals surface area contributed by atoms with Gasteiger partial charge < -0.3 is 5.32 Å². The van der Waals surface area contributed by atoms with Gasteiger partial charge in [0.15, 0.2) is 0 Å². The van der Waals surface area contributed by atoms with Crippen molar-refractivity contribution in [2.75, 3.05) is 11.9 Å². The molecule has 0 amide bonds. The van der Waals surface area contributed by atoms with Crippen molar-refractivity contribution in [3.63, 3.8) is 0 Å². The summed E-state index contributed by atoms with van der Waals surface area (Å²) in [5, 5.41) is 4.59. The highest BCUT2D eigenvalue weighted by Gasteiger charge is 1.93. The highest BCUT2D eigenvalue weighted by atomic mass is 31.0. The van der Waals surface area contributed by atoms with Gasteiger partial charge in [-0.15, -0.1) is 9.24 Å². The third-order valence-corrected chi connectivity index (χ3v) is 2.01. The molecule has 0 aliphatic heterocycles. The number of anilines is 1. The Hall–Kier alpha value is -0.550. The van der Waals surface area contributed by atoms with Crippen molar-refractivity contribution in [2.45, 2.75) is 27.7 Å². The zero-order chi connectivity index (χ0) is 11.0. The zero-order valence-electron chi connectivity index (χ0n) is 9.67. The second kappa shape index (κ2) is 7.82. The van der Waals surface area contributed by atoms with Crippen LogP contribution < -0.4 is 10.6 Å². The normalized spacial score (nSPS) is 9.29. The lowest BCUT2D eigenvalue weighted by Crippen LogP contribution is -2.08. The van der Waals surface area contributed by atoms with Gasteiger partial charge in [-0.3, -0.25) is 0 Å². The summed E-state index contributed by atoms with van der Waals surface area (Å²) in [5.41, 5.74) is 1.20. The second-order valence-electron chi connectivity index (χ2n) is 3.40. The monoisotopic (exact) mass is 211 g/mol. The molecule has 14 heavy (non-hydrogen) atoms. The Morgan fingerprint density at radius 3 is 2.07 bits per heavy atom. The number of rotatable bonds is 3. The molecule has 0 fully saturated rings. The molecule has 0 spiro atoms. The molecule has 0 aliphatic rings. The first-order valence-corrected chi connectivity index (χ1v) is 5.85. The Bertz CT molecular complexity index is 229. The third kappa shape index (κ3) is 5.99. The molecule has 1 nitrogen and oxygen atoms in total. The van der Waals surface area contributed by atoms with Crippen molar-refractivity contribution in [3.8, 4) is 0 Å². The molecule has 0 saturated heterocycles. The fraction of sp³-hybridized carbons (Fsp3) is 0.500. The predicted octanol–water partition coefficient (Wildman–Crippen LogP) is 3.28. The van der Waals surface area contributed by atoms with Crippen LogP contribution in [0.2, 0.25) is 0 Å². The third-order valence-electron chi connectivity index (χ3n) is 1.63. The molecular weight excluding hydrogens is 189 g/mol. The highest BCUT2D eigenvalue weighted by Crippen LogP contribution is 2.06. The van der Waals surface area contributed by atoms with Gasteiger partial charge in [0.25, 0.3) is 0 Å². The van der Waals surface area contributed by atoms with Crippen molar-refractivity contribution in [1.82, 2.24) is 0 Å². The Balaban J connectivity index is 0.000000791. The molecular formula is C12H22NP. The molecule has 80 valence electrons. The van der Waals surface area contributed by atoms with Crippen LogP contribution in [0.3, 0.4) is 0 Å². The number of hydrogen-bond donors (Lipinski definition) is 1. The summed E-state index contributed by atoms with van der Waals surface area (Å²) >= 11 is 0. The summed E-state index contributed by atoms with van der Waals surface area (Å²) in [5.74, 6) is 0.695. The quantitative estimate of drug-likeness (QED) is 0.756. The van der Waals surface area contributed by atoms with Crippen LogP contribution >= 0.6 is 9.24 Å². The number of nitrogens with one attached hydrogen (secondary N) is 1. The smallest absolute Gasteiger partial charge is 0.0340 e. The Kier molecular flexibility index (Phi) is 7.51. The van der Waals surface area contributed by atoms with Crippen molar-refractivity contribution in [3.05, 3.63) is 24.3 Å². The minimum atomic E-state index is 0.695. The Labute approximate surface area is 90.5 Å². The molecule has 0 aromatic heterocycles. The molecule has 0 bridgehead atoms. The molecule has 1 N–H and O–H groups in total. The van der Waals surface area contributed by atoms with Gasteiger partial charge >= 0.3 is 0 Å². The van der Waals surface area contributed by atoms with E-state index in [4.69, 9.17) is 0 Å². The average Bonchev–Trinajstić information content (AvgIpc) is 2.20. The van der Waals surface area contributed by atoms with Crippen LogP contribution in [-0.4, -0.2) is 6.54 Å². The molecule has 0 radical (unpaired) electrons. The Morgan fingerprint density at radius 2 is 1.64 bits per heavy atom. The second-order valence-corrected chi connectivity index (χ2v) is 4.06. The van der Waals surface area contributed by atoms with Crippen molar-refractivity contribution in [2.24, 2.45) is 5.92 Å². The van der Waals surface area contributed by atoms with E-state index < -0.39 is 0 Å². The van der Waals surface area contributed by atoms with E-state index in [-0.39, 0.29) is 0 Å². The van der Waals surface area contributed by atoms with Crippen LogP contribution in [0.5, 0.6) is 0 Å². The van der Waals surface area contributed by atoms with Gasteiger partial charge in [0.2, 0.25) is 0 Å². The van der Waals surface area contributed by atoms with E-state index in [0.29, 0.717) is 5.92 Å². The molecule has 0 aliphatic carbocycles.